The number of piperazine rings is 1. The summed E-state index contributed by atoms with van der Waals surface area (Å²) in [4.78, 5) is 27.9. The molecule has 2 aromatic rings. The van der Waals surface area contributed by atoms with Gasteiger partial charge in [-0.3, -0.25) is 4.79 Å². The minimum atomic E-state index is -0.353. The molecule has 0 radical (unpaired) electrons. The Kier molecular flexibility index (Phi) is 6.66. The first kappa shape index (κ1) is 19.9. The van der Waals surface area contributed by atoms with E-state index in [2.05, 4.69) is 34.5 Å². The van der Waals surface area contributed by atoms with Gasteiger partial charge < -0.3 is 19.9 Å². The lowest BCUT2D eigenvalue weighted by Crippen LogP contribution is -3.15. The number of rotatable bonds is 6. The van der Waals surface area contributed by atoms with Crippen LogP contribution in [0.15, 0.2) is 54.6 Å². The van der Waals surface area contributed by atoms with Crippen LogP contribution >= 0.6 is 0 Å². The van der Waals surface area contributed by atoms with Gasteiger partial charge in [0.05, 0.1) is 37.8 Å². The van der Waals surface area contributed by atoms with E-state index in [1.165, 1.54) is 10.6 Å². The molecule has 2 N–H and O–H groups in total. The zero-order valence-corrected chi connectivity index (χ0v) is 16.5. The molecule has 0 unspecified atom stereocenters. The van der Waals surface area contributed by atoms with Gasteiger partial charge in [-0.05, 0) is 50.2 Å². The second-order valence-electron chi connectivity index (χ2n) is 7.33. The fourth-order valence-corrected chi connectivity index (χ4v) is 3.30. The maximum absolute atomic E-state index is 12.4. The Morgan fingerprint density at radius 2 is 1.68 bits per heavy atom. The maximum atomic E-state index is 12.4. The Balaban J connectivity index is 1.45. The van der Waals surface area contributed by atoms with Crippen molar-refractivity contribution in [1.82, 2.24) is 0 Å². The highest BCUT2D eigenvalue weighted by Crippen LogP contribution is 2.13. The molecule has 0 atom stereocenters. The molecule has 0 aliphatic carbocycles. The van der Waals surface area contributed by atoms with E-state index in [9.17, 15) is 9.59 Å². The van der Waals surface area contributed by atoms with E-state index >= 15 is 0 Å². The summed E-state index contributed by atoms with van der Waals surface area (Å²) in [6.07, 6.45) is -0.155. The summed E-state index contributed by atoms with van der Waals surface area (Å²) in [6.45, 7) is 7.83. The second-order valence-corrected chi connectivity index (χ2v) is 7.33. The molecule has 6 nitrogen and oxygen atoms in total. The second kappa shape index (κ2) is 9.37. The van der Waals surface area contributed by atoms with Crippen molar-refractivity contribution >= 4 is 23.3 Å². The number of esters is 1. The van der Waals surface area contributed by atoms with Gasteiger partial charge in [0, 0.05) is 11.4 Å². The highest BCUT2D eigenvalue weighted by molar-refractivity contribution is 5.93. The molecule has 1 aliphatic rings. The molecule has 2 aromatic carbocycles. The van der Waals surface area contributed by atoms with Crippen LogP contribution in [0.3, 0.4) is 0 Å². The molecule has 1 aliphatic heterocycles. The lowest BCUT2D eigenvalue weighted by Gasteiger charge is -2.33. The third-order valence-electron chi connectivity index (χ3n) is 4.75. The number of quaternary nitrogens is 1. The topological polar surface area (TPSA) is 63.1 Å². The van der Waals surface area contributed by atoms with Crippen LogP contribution in [0.4, 0.5) is 11.4 Å². The van der Waals surface area contributed by atoms with E-state index in [1.807, 2.05) is 19.9 Å². The van der Waals surface area contributed by atoms with Gasteiger partial charge in [-0.25, -0.2) is 4.79 Å². The van der Waals surface area contributed by atoms with E-state index in [4.69, 9.17) is 4.74 Å². The van der Waals surface area contributed by atoms with E-state index in [1.54, 1.807) is 24.3 Å². The molecule has 0 saturated carbocycles. The summed E-state index contributed by atoms with van der Waals surface area (Å²) < 4.78 is 5.16. The Morgan fingerprint density at radius 1 is 1.04 bits per heavy atom. The van der Waals surface area contributed by atoms with Crippen molar-refractivity contribution in [3.8, 4) is 0 Å². The van der Waals surface area contributed by atoms with Crippen LogP contribution in [0.25, 0.3) is 0 Å². The average Bonchev–Trinajstić information content (AvgIpc) is 2.69. The zero-order valence-electron chi connectivity index (χ0n) is 16.5. The Morgan fingerprint density at radius 3 is 2.29 bits per heavy atom. The van der Waals surface area contributed by atoms with Crippen LogP contribution in [0.5, 0.6) is 0 Å². The number of hydrogen-bond donors (Lipinski definition) is 2. The molecule has 3 rings (SSSR count). The van der Waals surface area contributed by atoms with Crippen LogP contribution < -0.4 is 15.1 Å². The third-order valence-corrected chi connectivity index (χ3v) is 4.75. The van der Waals surface area contributed by atoms with Crippen molar-refractivity contribution in [2.45, 2.75) is 20.0 Å². The highest BCUT2D eigenvalue weighted by Gasteiger charge is 2.22. The van der Waals surface area contributed by atoms with Gasteiger partial charge >= 0.3 is 5.97 Å². The average molecular weight is 382 g/mol. The number of nitrogens with one attached hydrogen (secondary N) is 2. The van der Waals surface area contributed by atoms with Gasteiger partial charge in [-0.2, -0.15) is 0 Å². The summed E-state index contributed by atoms with van der Waals surface area (Å²) in [7, 11) is 0. The largest absolute Gasteiger partial charge is 0.459 e. The predicted octanol–water partition coefficient (Wildman–Crippen LogP) is 1.60. The number of nitrogens with zero attached hydrogens (tertiary/aromatic N) is 1. The molecule has 0 bridgehead atoms. The number of para-hydroxylation sites is 1. The SMILES string of the molecule is CC(C)OC(=O)c1ccc(NC(=O)C[NH+]2CCN(c3ccccc3)CC2)cc1. The van der Waals surface area contributed by atoms with Crippen molar-refractivity contribution in [3.05, 3.63) is 60.2 Å². The van der Waals surface area contributed by atoms with Crippen LogP contribution in [0, 0.1) is 0 Å². The Labute approximate surface area is 166 Å². The number of amides is 1. The molecule has 148 valence electrons. The maximum Gasteiger partial charge on any atom is 0.338 e. The number of ether oxygens (including phenoxy) is 1. The summed E-state index contributed by atoms with van der Waals surface area (Å²) in [5, 5.41) is 2.91. The van der Waals surface area contributed by atoms with Gasteiger partial charge in [0.1, 0.15) is 0 Å². The smallest absolute Gasteiger partial charge is 0.338 e. The lowest BCUT2D eigenvalue weighted by atomic mass is 10.2. The summed E-state index contributed by atoms with van der Waals surface area (Å²) in [5.41, 5.74) is 2.41. The van der Waals surface area contributed by atoms with E-state index in [-0.39, 0.29) is 18.0 Å². The Bertz CT molecular complexity index is 782. The monoisotopic (exact) mass is 382 g/mol. The van der Waals surface area contributed by atoms with Crippen molar-refractivity contribution in [2.75, 3.05) is 42.9 Å². The molecule has 1 fully saturated rings. The van der Waals surface area contributed by atoms with Crippen molar-refractivity contribution in [1.29, 1.82) is 0 Å². The lowest BCUT2D eigenvalue weighted by molar-refractivity contribution is -0.892. The minimum Gasteiger partial charge on any atom is -0.459 e. The molecule has 1 amide bonds. The van der Waals surface area contributed by atoms with Crippen molar-refractivity contribution < 1.29 is 19.2 Å². The van der Waals surface area contributed by atoms with Crippen LogP contribution in [0.1, 0.15) is 24.2 Å². The molecule has 1 heterocycles. The highest BCUT2D eigenvalue weighted by atomic mass is 16.5. The molecule has 0 aromatic heterocycles. The normalized spacial score (nSPS) is 14.8. The summed E-state index contributed by atoms with van der Waals surface area (Å²) in [5.74, 6) is -0.366. The molecular weight excluding hydrogens is 354 g/mol. The molecular formula is C22H28N3O3+. The number of carbonyl (C=O) groups is 2. The molecule has 0 spiro atoms. The number of anilines is 2. The third kappa shape index (κ3) is 5.57. The molecule has 6 heteroatoms. The van der Waals surface area contributed by atoms with E-state index < -0.39 is 0 Å². The van der Waals surface area contributed by atoms with Gasteiger partial charge in [0.15, 0.2) is 6.54 Å². The van der Waals surface area contributed by atoms with Gasteiger partial charge in [-0.1, -0.05) is 18.2 Å². The number of hydrogen-bond acceptors (Lipinski definition) is 4. The number of benzene rings is 2. The van der Waals surface area contributed by atoms with Crippen molar-refractivity contribution in [2.24, 2.45) is 0 Å². The quantitative estimate of drug-likeness (QED) is 0.745. The first-order valence-corrected chi connectivity index (χ1v) is 9.76. The standard InChI is InChI=1S/C22H27N3O3/c1-17(2)28-22(27)18-8-10-19(11-9-18)23-21(26)16-24-12-14-25(15-13-24)20-6-4-3-5-7-20/h3-11,17H,12-16H2,1-2H3,(H,23,26)/p+1. The summed E-state index contributed by atoms with van der Waals surface area (Å²) >= 11 is 0. The Hall–Kier alpha value is -2.86. The van der Waals surface area contributed by atoms with Crippen LogP contribution in [-0.2, 0) is 9.53 Å². The van der Waals surface area contributed by atoms with E-state index in [0.717, 1.165) is 26.2 Å². The summed E-state index contributed by atoms with van der Waals surface area (Å²) in [6, 6.07) is 17.2. The number of carbonyl (C=O) groups excluding carboxylic acids is 2. The first-order valence-electron chi connectivity index (χ1n) is 9.76. The first-order chi connectivity index (χ1) is 13.5. The molecule has 28 heavy (non-hydrogen) atoms. The van der Waals surface area contributed by atoms with Gasteiger partial charge in [-0.15, -0.1) is 0 Å². The van der Waals surface area contributed by atoms with E-state index in [0.29, 0.717) is 17.8 Å². The van der Waals surface area contributed by atoms with Gasteiger partial charge in [0.2, 0.25) is 0 Å². The van der Waals surface area contributed by atoms with Crippen LogP contribution in [-0.4, -0.2) is 50.7 Å². The van der Waals surface area contributed by atoms with Crippen molar-refractivity contribution in [3.63, 3.8) is 0 Å². The fourth-order valence-electron chi connectivity index (χ4n) is 3.30. The predicted molar refractivity (Wildman–Crippen MR) is 110 cm³/mol. The van der Waals surface area contributed by atoms with Gasteiger partial charge in [0.25, 0.3) is 5.91 Å². The minimum absolute atomic E-state index is 0.0133. The molecule has 1 saturated heterocycles. The fraction of sp³-hybridized carbons (Fsp3) is 0.364. The van der Waals surface area contributed by atoms with Crippen LogP contribution in [0.2, 0.25) is 0 Å². The zero-order chi connectivity index (χ0) is 19.9.